The van der Waals surface area contributed by atoms with Crippen molar-refractivity contribution in [1.29, 1.82) is 0 Å². The Morgan fingerprint density at radius 2 is 1.74 bits per heavy atom. The lowest BCUT2D eigenvalue weighted by atomic mass is 9.78. The van der Waals surface area contributed by atoms with Crippen molar-refractivity contribution in [3.05, 3.63) is 0 Å². The van der Waals surface area contributed by atoms with Crippen molar-refractivity contribution in [3.8, 4) is 0 Å². The van der Waals surface area contributed by atoms with Gasteiger partial charge >= 0.3 is 5.97 Å². The number of likely N-dealkylation sites (N-methyl/N-ethyl adjacent to an activating group) is 2. The van der Waals surface area contributed by atoms with Crippen molar-refractivity contribution in [2.45, 2.75) is 109 Å². The number of aliphatic hydroxyl groups is 1. The number of rotatable bonds is 4. The predicted molar refractivity (Wildman–Crippen MR) is 158 cm³/mol. The normalized spacial score (nSPS) is 39.4. The van der Waals surface area contributed by atoms with Gasteiger partial charge in [-0.05, 0) is 73.5 Å². The predicted octanol–water partition coefficient (Wildman–Crippen LogP) is 1.94. The third kappa shape index (κ3) is 7.53. The molecule has 11 nitrogen and oxygen atoms in total. The van der Waals surface area contributed by atoms with Crippen molar-refractivity contribution in [2.75, 3.05) is 54.5 Å². The summed E-state index contributed by atoms with van der Waals surface area (Å²) in [5.74, 6) is -2.51. The molecule has 1 unspecified atom stereocenters. The van der Waals surface area contributed by atoms with Crippen molar-refractivity contribution in [3.63, 3.8) is 0 Å². The minimum atomic E-state index is -1.02. The molecule has 3 aliphatic rings. The summed E-state index contributed by atoms with van der Waals surface area (Å²) in [4.78, 5) is 45.2. The Hall–Kier alpha value is -1.63. The molecule has 3 heterocycles. The summed E-state index contributed by atoms with van der Waals surface area (Å²) in [5.41, 5.74) is -1.38. The Morgan fingerprint density at radius 1 is 1.12 bits per heavy atom. The number of cyclic esters (lactones) is 1. The van der Waals surface area contributed by atoms with Crippen molar-refractivity contribution in [2.24, 2.45) is 17.8 Å². The molecule has 3 fully saturated rings. The highest BCUT2D eigenvalue weighted by atomic mass is 16.7. The number of hydrogen-bond donors (Lipinski definition) is 1. The number of amides is 1. The van der Waals surface area contributed by atoms with Gasteiger partial charge in [0.15, 0.2) is 12.1 Å². The van der Waals surface area contributed by atoms with Crippen molar-refractivity contribution >= 4 is 17.7 Å². The van der Waals surface area contributed by atoms with E-state index in [4.69, 9.17) is 18.9 Å². The molecular formula is C31H55N3O8. The van der Waals surface area contributed by atoms with Crippen LogP contribution in [0.5, 0.6) is 0 Å². The number of piperidine rings is 1. The molecule has 0 bridgehead atoms. The van der Waals surface area contributed by atoms with E-state index >= 15 is 0 Å². The number of methoxy groups -OCH3 is 1. The van der Waals surface area contributed by atoms with E-state index in [9.17, 15) is 19.5 Å². The van der Waals surface area contributed by atoms with Crippen LogP contribution in [0.15, 0.2) is 0 Å². The highest BCUT2D eigenvalue weighted by molar-refractivity contribution is 6.00. The van der Waals surface area contributed by atoms with E-state index in [1.807, 2.05) is 44.8 Å². The summed E-state index contributed by atoms with van der Waals surface area (Å²) >= 11 is 0. The maximum absolute atomic E-state index is 13.9. The molecule has 0 aliphatic carbocycles. The molecule has 242 valence electrons. The monoisotopic (exact) mass is 597 g/mol. The van der Waals surface area contributed by atoms with Gasteiger partial charge in [0, 0.05) is 45.6 Å². The van der Waals surface area contributed by atoms with Crippen LogP contribution in [-0.4, -0.2) is 134 Å². The molecule has 0 radical (unpaired) electrons. The van der Waals surface area contributed by atoms with Crippen LogP contribution in [0.3, 0.4) is 0 Å². The lowest BCUT2D eigenvalue weighted by Gasteiger charge is -2.48. The van der Waals surface area contributed by atoms with Crippen LogP contribution in [0.25, 0.3) is 0 Å². The number of nitrogens with zero attached hydrogens (tertiary/aromatic N) is 3. The molecule has 11 heteroatoms. The number of ether oxygens (including phenoxy) is 4. The molecule has 0 saturated carbocycles. The van der Waals surface area contributed by atoms with Gasteiger partial charge < -0.3 is 33.9 Å². The Kier molecular flexibility index (Phi) is 11.6. The zero-order chi connectivity index (χ0) is 31.6. The van der Waals surface area contributed by atoms with Crippen LogP contribution < -0.4 is 0 Å². The van der Waals surface area contributed by atoms with Crippen LogP contribution in [0.4, 0.5) is 0 Å². The van der Waals surface area contributed by atoms with Gasteiger partial charge in [0.05, 0.1) is 23.3 Å². The molecule has 3 saturated heterocycles. The Labute approximate surface area is 252 Å². The molecule has 42 heavy (non-hydrogen) atoms. The number of carbonyl (C=O) groups excluding carboxylic acids is 3. The highest BCUT2D eigenvalue weighted by Crippen LogP contribution is 2.38. The number of aliphatic hydroxyl groups excluding tert-OH is 1. The van der Waals surface area contributed by atoms with Gasteiger partial charge in [-0.25, -0.2) is 0 Å². The van der Waals surface area contributed by atoms with Gasteiger partial charge in [0.1, 0.15) is 18.6 Å². The fourth-order valence-electron chi connectivity index (χ4n) is 7.19. The number of ketones is 1. The second-order valence-electron chi connectivity index (χ2n) is 13.6. The first-order chi connectivity index (χ1) is 19.5. The van der Waals surface area contributed by atoms with Gasteiger partial charge in [-0.2, -0.15) is 0 Å². The van der Waals surface area contributed by atoms with E-state index < -0.39 is 47.4 Å². The number of hydrogen-bond acceptors (Lipinski definition) is 10. The average Bonchev–Trinajstić information content (AvgIpc) is 2.94. The fraction of sp³-hybridized carbons (Fsp3) is 0.903. The zero-order valence-electron chi connectivity index (χ0n) is 27.4. The molecule has 9 atom stereocenters. The van der Waals surface area contributed by atoms with Crippen LogP contribution in [-0.2, 0) is 33.3 Å². The number of Topliss-reactive ketones (excluding diaryl/α,β-unsaturated/α-hetero) is 1. The summed E-state index contributed by atoms with van der Waals surface area (Å²) in [6.45, 7) is 12.9. The maximum atomic E-state index is 13.9. The molecular weight excluding hydrogens is 542 g/mol. The van der Waals surface area contributed by atoms with E-state index in [1.54, 1.807) is 27.9 Å². The Morgan fingerprint density at radius 3 is 2.29 bits per heavy atom. The smallest absolute Gasteiger partial charge is 0.316 e. The Balaban J connectivity index is 1.96. The van der Waals surface area contributed by atoms with Crippen LogP contribution >= 0.6 is 0 Å². The second-order valence-corrected chi connectivity index (χ2v) is 13.6. The van der Waals surface area contributed by atoms with E-state index in [1.165, 1.54) is 0 Å². The summed E-state index contributed by atoms with van der Waals surface area (Å²) < 4.78 is 24.7. The van der Waals surface area contributed by atoms with E-state index in [2.05, 4.69) is 11.8 Å². The molecule has 0 aromatic carbocycles. The minimum Gasteiger partial charge on any atom is -0.463 e. The summed E-state index contributed by atoms with van der Waals surface area (Å²) in [6, 6.07) is -0.180. The molecule has 1 amide bonds. The first-order valence-electron chi connectivity index (χ1n) is 15.4. The summed E-state index contributed by atoms with van der Waals surface area (Å²) in [6.07, 6.45) is -0.338. The number of esters is 1. The van der Waals surface area contributed by atoms with Gasteiger partial charge in [-0.15, -0.1) is 0 Å². The topological polar surface area (TPSA) is 118 Å². The quantitative estimate of drug-likeness (QED) is 0.381. The maximum Gasteiger partial charge on any atom is 0.316 e. The van der Waals surface area contributed by atoms with Crippen LogP contribution in [0.1, 0.15) is 67.2 Å². The van der Waals surface area contributed by atoms with Crippen molar-refractivity contribution < 1.29 is 38.4 Å². The third-order valence-electron chi connectivity index (χ3n) is 10.1. The standard InChI is InChI=1S/C31H55N3O8/c1-19-16-30(6,39-10)27(42-29-26(37)24(32(7)8)15-20(2)41-29)21(3)25(36)22(4)28(38)40-18-31(33(9)17-19)11-13-34(14-12-31)23(5)35/h19-22,24,26-27,29,37H,11-18H2,1-10H3/t19-,20-,21+,22?,24+,26-,27-,29+,30-/m1/s1. The van der Waals surface area contributed by atoms with Crippen LogP contribution in [0.2, 0.25) is 0 Å². The molecule has 3 aliphatic heterocycles. The average molecular weight is 598 g/mol. The third-order valence-corrected chi connectivity index (χ3v) is 10.1. The SMILES string of the molecule is CO[C@]1(C)C[C@@H](C)CN(C)C2(CCN(C(C)=O)CC2)COC(=O)C(C)C(=O)[C@H](C)[C@H]1O[C@@H]1O[C@H](C)C[C@H](N(C)C)[C@H]1O. The minimum absolute atomic E-state index is 0.0379. The molecule has 1 N–H and O–H groups in total. The first kappa shape index (κ1) is 34.9. The second kappa shape index (κ2) is 14.0. The van der Waals surface area contributed by atoms with E-state index in [-0.39, 0.29) is 36.4 Å². The highest BCUT2D eigenvalue weighted by Gasteiger charge is 2.50. The molecule has 1 spiro atoms. The van der Waals surface area contributed by atoms with Crippen LogP contribution in [0, 0.1) is 17.8 Å². The lowest BCUT2D eigenvalue weighted by molar-refractivity contribution is -0.295. The zero-order valence-corrected chi connectivity index (χ0v) is 27.4. The lowest BCUT2D eigenvalue weighted by Crippen LogP contribution is -2.59. The van der Waals surface area contributed by atoms with E-state index in [0.29, 0.717) is 45.3 Å². The number of carbonyl (C=O) groups is 3. The van der Waals surface area contributed by atoms with Gasteiger partial charge in [-0.3, -0.25) is 19.3 Å². The largest absolute Gasteiger partial charge is 0.463 e. The Bertz CT molecular complexity index is 954. The van der Waals surface area contributed by atoms with Gasteiger partial charge in [-0.1, -0.05) is 13.8 Å². The molecule has 0 aromatic heterocycles. The molecule has 3 rings (SSSR count). The fourth-order valence-corrected chi connectivity index (χ4v) is 7.19. The van der Waals surface area contributed by atoms with Gasteiger partial charge in [0.2, 0.25) is 5.91 Å². The summed E-state index contributed by atoms with van der Waals surface area (Å²) in [7, 11) is 7.48. The first-order valence-corrected chi connectivity index (χ1v) is 15.4. The summed E-state index contributed by atoms with van der Waals surface area (Å²) in [5, 5.41) is 11.2. The molecule has 0 aromatic rings. The van der Waals surface area contributed by atoms with Gasteiger partial charge in [0.25, 0.3) is 0 Å². The number of likely N-dealkylation sites (tertiary alicyclic amines) is 1. The van der Waals surface area contributed by atoms with E-state index in [0.717, 1.165) is 0 Å². The van der Waals surface area contributed by atoms with Crippen molar-refractivity contribution in [1.82, 2.24) is 14.7 Å².